The van der Waals surface area contributed by atoms with Gasteiger partial charge in [-0.1, -0.05) is 17.3 Å². The van der Waals surface area contributed by atoms with Crippen LogP contribution >= 0.6 is 11.3 Å². The molecule has 1 heterocycles. The van der Waals surface area contributed by atoms with Gasteiger partial charge in [0.2, 0.25) is 0 Å². The molecule has 8 nitrogen and oxygen atoms in total. The Bertz CT molecular complexity index is 1160. The van der Waals surface area contributed by atoms with Crippen molar-refractivity contribution in [2.75, 3.05) is 14.2 Å². The highest BCUT2D eigenvalue weighted by molar-refractivity contribution is 7.16. The first kappa shape index (κ1) is 19.1. The molecule has 28 heavy (non-hydrogen) atoms. The number of thiazole rings is 1. The van der Waals surface area contributed by atoms with Crippen LogP contribution in [0.2, 0.25) is 0 Å². The minimum Gasteiger partial charge on any atom is -0.497 e. The van der Waals surface area contributed by atoms with E-state index in [9.17, 15) is 14.9 Å². The zero-order chi connectivity index (χ0) is 20.3. The highest BCUT2D eigenvalue weighted by atomic mass is 32.1. The van der Waals surface area contributed by atoms with Crippen molar-refractivity contribution in [3.63, 3.8) is 0 Å². The number of ether oxygens (including phenoxy) is 2. The van der Waals surface area contributed by atoms with E-state index in [-0.39, 0.29) is 17.8 Å². The van der Waals surface area contributed by atoms with Crippen molar-refractivity contribution in [3.8, 4) is 23.8 Å². The highest BCUT2D eigenvalue weighted by Crippen LogP contribution is 2.25. The van der Waals surface area contributed by atoms with Gasteiger partial charge in [0.05, 0.1) is 35.9 Å². The van der Waals surface area contributed by atoms with Crippen LogP contribution in [0.25, 0.3) is 10.2 Å². The smallest absolute Gasteiger partial charge is 0.279 e. The third-order valence-corrected chi connectivity index (χ3v) is 4.96. The Labute approximate surface area is 163 Å². The van der Waals surface area contributed by atoms with Crippen LogP contribution in [-0.4, -0.2) is 29.6 Å². The number of amides is 1. The summed E-state index contributed by atoms with van der Waals surface area (Å²) in [6, 6.07) is 9.18. The lowest BCUT2D eigenvalue weighted by Gasteiger charge is -2.06. The van der Waals surface area contributed by atoms with E-state index in [0.29, 0.717) is 26.5 Å². The highest BCUT2D eigenvalue weighted by Gasteiger charge is 2.14. The van der Waals surface area contributed by atoms with Gasteiger partial charge < -0.3 is 14.0 Å². The summed E-state index contributed by atoms with van der Waals surface area (Å²) in [5, 5.41) is 11.0. The average Bonchev–Trinajstić information content (AvgIpc) is 3.04. The molecular weight excluding hydrogens is 382 g/mol. The molecule has 0 saturated heterocycles. The van der Waals surface area contributed by atoms with E-state index in [2.05, 4.69) is 10.9 Å². The normalized spacial score (nSPS) is 11.2. The van der Waals surface area contributed by atoms with Crippen molar-refractivity contribution >= 4 is 33.1 Å². The van der Waals surface area contributed by atoms with E-state index in [1.807, 2.05) is 0 Å². The molecule has 142 valence electrons. The number of terminal acetylenes is 1. The number of fused-ring (bicyclic) bond motifs is 1. The lowest BCUT2D eigenvalue weighted by atomic mass is 10.2. The molecule has 0 spiro atoms. The van der Waals surface area contributed by atoms with E-state index >= 15 is 0 Å². The van der Waals surface area contributed by atoms with Gasteiger partial charge in [0.1, 0.15) is 11.5 Å². The number of hydrogen-bond acceptors (Lipinski definition) is 6. The monoisotopic (exact) mass is 397 g/mol. The minimum atomic E-state index is -0.510. The lowest BCUT2D eigenvalue weighted by molar-refractivity contribution is -0.384. The van der Waals surface area contributed by atoms with Crippen LogP contribution < -0.4 is 14.3 Å². The first-order chi connectivity index (χ1) is 13.5. The van der Waals surface area contributed by atoms with Crippen LogP contribution in [0.3, 0.4) is 0 Å². The molecule has 0 bridgehead atoms. The number of carbonyl (C=O) groups excluding carboxylic acids is 1. The second kappa shape index (κ2) is 7.94. The van der Waals surface area contributed by atoms with E-state index in [1.54, 1.807) is 28.8 Å². The summed E-state index contributed by atoms with van der Waals surface area (Å²) in [7, 11) is 2.97. The van der Waals surface area contributed by atoms with Crippen LogP contribution in [0.4, 0.5) is 5.69 Å². The van der Waals surface area contributed by atoms with E-state index in [0.717, 1.165) is 11.3 Å². The molecule has 3 rings (SSSR count). The first-order valence-corrected chi connectivity index (χ1v) is 8.82. The fourth-order valence-corrected chi connectivity index (χ4v) is 3.65. The third kappa shape index (κ3) is 3.72. The van der Waals surface area contributed by atoms with Crippen LogP contribution in [0.5, 0.6) is 11.5 Å². The molecule has 0 atom stereocenters. The maximum atomic E-state index is 12.7. The number of rotatable bonds is 5. The van der Waals surface area contributed by atoms with Gasteiger partial charge in [0.15, 0.2) is 4.80 Å². The van der Waals surface area contributed by atoms with Gasteiger partial charge in [-0.2, -0.15) is 4.99 Å². The fraction of sp³-hybridized carbons (Fsp3) is 0.158. The van der Waals surface area contributed by atoms with Crippen molar-refractivity contribution in [2.45, 2.75) is 6.54 Å². The van der Waals surface area contributed by atoms with Crippen molar-refractivity contribution < 1.29 is 19.2 Å². The van der Waals surface area contributed by atoms with Crippen LogP contribution in [0, 0.1) is 22.5 Å². The second-order valence-corrected chi connectivity index (χ2v) is 6.61. The molecule has 3 aromatic rings. The first-order valence-electron chi connectivity index (χ1n) is 8.00. The molecule has 0 N–H and O–H groups in total. The number of hydrogen-bond donors (Lipinski definition) is 0. The zero-order valence-corrected chi connectivity index (χ0v) is 15.9. The average molecular weight is 397 g/mol. The summed E-state index contributed by atoms with van der Waals surface area (Å²) < 4.78 is 12.6. The summed E-state index contributed by atoms with van der Waals surface area (Å²) in [5.74, 6) is 2.92. The van der Waals surface area contributed by atoms with E-state index in [4.69, 9.17) is 15.9 Å². The Morgan fingerprint density at radius 3 is 2.50 bits per heavy atom. The predicted molar refractivity (Wildman–Crippen MR) is 105 cm³/mol. The molecular formula is C19H15N3O5S. The summed E-state index contributed by atoms with van der Waals surface area (Å²) >= 11 is 1.15. The Morgan fingerprint density at radius 1 is 1.25 bits per heavy atom. The summed E-state index contributed by atoms with van der Waals surface area (Å²) in [5.41, 5.74) is 0.909. The van der Waals surface area contributed by atoms with Crippen molar-refractivity contribution in [2.24, 2.45) is 4.99 Å². The molecule has 1 aromatic heterocycles. The minimum absolute atomic E-state index is 0.0444. The summed E-state index contributed by atoms with van der Waals surface area (Å²) in [6.07, 6.45) is 5.44. The zero-order valence-electron chi connectivity index (χ0n) is 15.0. The maximum Gasteiger partial charge on any atom is 0.279 e. The molecule has 0 unspecified atom stereocenters. The Balaban J connectivity index is 2.15. The van der Waals surface area contributed by atoms with Gasteiger partial charge in [0.25, 0.3) is 11.6 Å². The molecule has 9 heteroatoms. The fourth-order valence-electron chi connectivity index (χ4n) is 2.59. The molecule has 0 aliphatic rings. The van der Waals surface area contributed by atoms with Crippen molar-refractivity contribution in [1.82, 2.24) is 4.57 Å². The lowest BCUT2D eigenvalue weighted by Crippen LogP contribution is -2.16. The standard InChI is InChI=1S/C19H15N3O5S/c1-4-7-21-16-6-5-13(22(24)25)10-17(16)28-19(21)20-18(23)12-8-14(26-2)11-15(9-12)27-3/h1,5-6,8-11H,7H2,2-3H3. The third-order valence-electron chi connectivity index (χ3n) is 3.92. The number of methoxy groups -OCH3 is 2. The van der Waals surface area contributed by atoms with Gasteiger partial charge in [-0.15, -0.1) is 6.42 Å². The molecule has 0 aliphatic heterocycles. The van der Waals surface area contributed by atoms with E-state index in [1.165, 1.54) is 26.4 Å². The van der Waals surface area contributed by atoms with Crippen LogP contribution in [0.15, 0.2) is 41.4 Å². The Kier molecular flexibility index (Phi) is 5.42. The second-order valence-electron chi connectivity index (χ2n) is 5.60. The molecule has 0 fully saturated rings. The largest absolute Gasteiger partial charge is 0.497 e. The van der Waals surface area contributed by atoms with E-state index < -0.39 is 10.8 Å². The maximum absolute atomic E-state index is 12.7. The van der Waals surface area contributed by atoms with Gasteiger partial charge in [-0.3, -0.25) is 14.9 Å². The van der Waals surface area contributed by atoms with Crippen LogP contribution in [0.1, 0.15) is 10.4 Å². The van der Waals surface area contributed by atoms with Gasteiger partial charge in [-0.25, -0.2) is 0 Å². The van der Waals surface area contributed by atoms with Crippen molar-refractivity contribution in [1.29, 1.82) is 0 Å². The van der Waals surface area contributed by atoms with Crippen LogP contribution in [-0.2, 0) is 6.54 Å². The van der Waals surface area contributed by atoms with Crippen molar-refractivity contribution in [3.05, 3.63) is 56.9 Å². The number of carbonyl (C=O) groups is 1. The number of non-ortho nitro benzene ring substituents is 1. The van der Waals surface area contributed by atoms with Gasteiger partial charge >= 0.3 is 0 Å². The number of benzene rings is 2. The quantitative estimate of drug-likeness (QED) is 0.375. The molecule has 0 radical (unpaired) electrons. The summed E-state index contributed by atoms with van der Waals surface area (Å²) in [4.78, 5) is 27.8. The number of nitrogens with zero attached hydrogens (tertiary/aromatic N) is 3. The molecule has 0 saturated carbocycles. The Hall–Kier alpha value is -3.64. The number of nitro groups is 1. The van der Waals surface area contributed by atoms with Gasteiger partial charge in [0, 0.05) is 23.8 Å². The molecule has 1 amide bonds. The Morgan fingerprint density at radius 2 is 1.93 bits per heavy atom. The number of nitro benzene ring substituents is 1. The number of aromatic nitrogens is 1. The SMILES string of the molecule is C#CCn1c(=NC(=O)c2cc(OC)cc(OC)c2)sc2cc([N+](=O)[O-])ccc21. The van der Waals surface area contributed by atoms with Gasteiger partial charge in [-0.05, 0) is 18.2 Å². The molecule has 2 aromatic carbocycles. The topological polar surface area (TPSA) is 96.0 Å². The molecule has 0 aliphatic carbocycles. The summed E-state index contributed by atoms with van der Waals surface area (Å²) in [6.45, 7) is 0.172. The predicted octanol–water partition coefficient (Wildman–Crippen LogP) is 3.00.